The van der Waals surface area contributed by atoms with E-state index in [4.69, 9.17) is 9.47 Å². The Morgan fingerprint density at radius 1 is 1.20 bits per heavy atom. The molecule has 0 spiro atoms. The second-order valence-corrected chi connectivity index (χ2v) is 7.05. The van der Waals surface area contributed by atoms with E-state index in [-0.39, 0.29) is 5.91 Å². The summed E-state index contributed by atoms with van der Waals surface area (Å²) in [5.74, 6) is 1.03. The van der Waals surface area contributed by atoms with Gasteiger partial charge >= 0.3 is 0 Å². The summed E-state index contributed by atoms with van der Waals surface area (Å²) in [5.41, 5.74) is 1.06. The number of carbonyl (C=O) groups is 1. The average molecular weight is 376 g/mol. The van der Waals surface area contributed by atoms with E-state index in [1.54, 1.807) is 31.9 Å². The van der Waals surface area contributed by atoms with Gasteiger partial charge < -0.3 is 14.8 Å². The van der Waals surface area contributed by atoms with Gasteiger partial charge in [0.05, 0.1) is 19.9 Å². The molecule has 3 aromatic rings. The molecule has 0 radical (unpaired) electrons. The van der Waals surface area contributed by atoms with Gasteiger partial charge in [-0.1, -0.05) is 0 Å². The standard InChI is InChI=1S/C16H16N4O3S2/c1-9-7-17-15(25-9)20-14(21)12-8-24-16(19-12)18-11-5-4-10(22-2)6-13(11)23-3/h4-8H,1-3H3,(H,18,19)(H,17,20,21). The van der Waals surface area contributed by atoms with Crippen LogP contribution in [0.3, 0.4) is 0 Å². The van der Waals surface area contributed by atoms with Crippen molar-refractivity contribution < 1.29 is 14.3 Å². The van der Waals surface area contributed by atoms with Crippen molar-refractivity contribution in [2.45, 2.75) is 6.92 Å². The fourth-order valence-electron chi connectivity index (χ4n) is 2.03. The first kappa shape index (κ1) is 17.2. The minimum absolute atomic E-state index is 0.291. The molecule has 0 aliphatic rings. The lowest BCUT2D eigenvalue weighted by molar-refractivity contribution is 0.102. The van der Waals surface area contributed by atoms with E-state index in [1.165, 1.54) is 22.7 Å². The van der Waals surface area contributed by atoms with Crippen molar-refractivity contribution >= 4 is 44.5 Å². The van der Waals surface area contributed by atoms with Crippen LogP contribution in [0.4, 0.5) is 16.0 Å². The molecule has 1 aromatic carbocycles. The normalized spacial score (nSPS) is 10.4. The first-order valence-electron chi connectivity index (χ1n) is 7.27. The largest absolute Gasteiger partial charge is 0.497 e. The van der Waals surface area contributed by atoms with Crippen LogP contribution in [-0.4, -0.2) is 30.1 Å². The summed E-state index contributed by atoms with van der Waals surface area (Å²) in [6.45, 7) is 1.93. The smallest absolute Gasteiger partial charge is 0.276 e. The van der Waals surface area contributed by atoms with Crippen LogP contribution < -0.4 is 20.1 Å². The topological polar surface area (TPSA) is 85.4 Å². The number of aryl methyl sites for hydroxylation is 1. The summed E-state index contributed by atoms with van der Waals surface area (Å²) in [7, 11) is 3.17. The van der Waals surface area contributed by atoms with E-state index < -0.39 is 0 Å². The van der Waals surface area contributed by atoms with Gasteiger partial charge in [-0.15, -0.1) is 22.7 Å². The van der Waals surface area contributed by atoms with Gasteiger partial charge in [0, 0.05) is 22.5 Å². The van der Waals surface area contributed by atoms with E-state index in [1.807, 2.05) is 19.1 Å². The Morgan fingerprint density at radius 2 is 2.04 bits per heavy atom. The van der Waals surface area contributed by atoms with Crippen LogP contribution in [-0.2, 0) is 0 Å². The highest BCUT2D eigenvalue weighted by Crippen LogP contribution is 2.32. The molecule has 130 valence electrons. The summed E-state index contributed by atoms with van der Waals surface area (Å²) >= 11 is 2.75. The Hall–Kier alpha value is -2.65. The van der Waals surface area contributed by atoms with Gasteiger partial charge in [-0.05, 0) is 19.1 Å². The van der Waals surface area contributed by atoms with Gasteiger partial charge in [0.25, 0.3) is 5.91 Å². The highest BCUT2D eigenvalue weighted by molar-refractivity contribution is 7.15. The third-order valence-electron chi connectivity index (χ3n) is 3.23. The van der Waals surface area contributed by atoms with Crippen LogP contribution in [0.25, 0.3) is 0 Å². The number of hydrogen-bond donors (Lipinski definition) is 2. The molecule has 2 N–H and O–H groups in total. The van der Waals surface area contributed by atoms with Crippen molar-refractivity contribution in [2.24, 2.45) is 0 Å². The molecule has 0 saturated heterocycles. The van der Waals surface area contributed by atoms with E-state index >= 15 is 0 Å². The molecule has 2 heterocycles. The van der Waals surface area contributed by atoms with Gasteiger partial charge in [0.15, 0.2) is 10.3 Å². The van der Waals surface area contributed by atoms with Crippen LogP contribution in [0.2, 0.25) is 0 Å². The number of ether oxygens (including phenoxy) is 2. The van der Waals surface area contributed by atoms with Gasteiger partial charge in [0.1, 0.15) is 17.2 Å². The van der Waals surface area contributed by atoms with Crippen molar-refractivity contribution in [3.63, 3.8) is 0 Å². The van der Waals surface area contributed by atoms with Crippen molar-refractivity contribution in [3.8, 4) is 11.5 Å². The number of anilines is 3. The van der Waals surface area contributed by atoms with Crippen LogP contribution >= 0.6 is 22.7 Å². The number of nitrogens with one attached hydrogen (secondary N) is 2. The Bertz CT molecular complexity index is 891. The lowest BCUT2D eigenvalue weighted by atomic mass is 10.3. The van der Waals surface area contributed by atoms with Crippen LogP contribution in [0, 0.1) is 6.92 Å². The molecule has 9 heteroatoms. The van der Waals surface area contributed by atoms with Crippen LogP contribution in [0.1, 0.15) is 15.4 Å². The first-order valence-corrected chi connectivity index (χ1v) is 8.97. The summed E-state index contributed by atoms with van der Waals surface area (Å²) in [6.07, 6.45) is 1.71. The SMILES string of the molecule is COc1ccc(Nc2nc(C(=O)Nc3ncc(C)s3)cs2)c(OC)c1. The molecule has 0 unspecified atom stereocenters. The number of thiazole rings is 2. The number of carbonyl (C=O) groups excluding carboxylic acids is 1. The molecule has 0 aliphatic heterocycles. The zero-order valence-electron chi connectivity index (χ0n) is 13.8. The molecular formula is C16H16N4O3S2. The number of nitrogens with zero attached hydrogens (tertiary/aromatic N) is 2. The van der Waals surface area contributed by atoms with Crippen molar-refractivity contribution in [3.05, 3.63) is 40.3 Å². The number of aromatic nitrogens is 2. The fraction of sp³-hybridized carbons (Fsp3) is 0.188. The highest BCUT2D eigenvalue weighted by atomic mass is 32.1. The maximum absolute atomic E-state index is 12.2. The minimum Gasteiger partial charge on any atom is -0.497 e. The van der Waals surface area contributed by atoms with E-state index in [0.29, 0.717) is 27.5 Å². The van der Waals surface area contributed by atoms with Crippen molar-refractivity contribution in [1.82, 2.24) is 9.97 Å². The summed E-state index contributed by atoms with van der Waals surface area (Å²) < 4.78 is 10.5. The van der Waals surface area contributed by atoms with Gasteiger partial charge in [-0.2, -0.15) is 0 Å². The van der Waals surface area contributed by atoms with Crippen LogP contribution in [0.5, 0.6) is 11.5 Å². The fourth-order valence-corrected chi connectivity index (χ4v) is 3.39. The molecule has 0 atom stereocenters. The van der Waals surface area contributed by atoms with Crippen molar-refractivity contribution in [1.29, 1.82) is 0 Å². The zero-order valence-corrected chi connectivity index (χ0v) is 15.5. The molecule has 0 bridgehead atoms. The van der Waals surface area contributed by atoms with Crippen molar-refractivity contribution in [2.75, 3.05) is 24.9 Å². The quantitative estimate of drug-likeness (QED) is 0.678. The lowest BCUT2D eigenvalue weighted by Crippen LogP contribution is -2.12. The number of methoxy groups -OCH3 is 2. The monoisotopic (exact) mass is 376 g/mol. The van der Waals surface area contributed by atoms with E-state index in [0.717, 1.165) is 10.6 Å². The van der Waals surface area contributed by atoms with Gasteiger partial charge in [0.2, 0.25) is 0 Å². The Balaban J connectivity index is 1.72. The average Bonchev–Trinajstić information content (AvgIpc) is 3.24. The minimum atomic E-state index is -0.291. The second kappa shape index (κ2) is 7.49. The molecule has 25 heavy (non-hydrogen) atoms. The molecular weight excluding hydrogens is 360 g/mol. The number of amides is 1. The zero-order chi connectivity index (χ0) is 17.8. The highest BCUT2D eigenvalue weighted by Gasteiger charge is 2.14. The maximum Gasteiger partial charge on any atom is 0.276 e. The number of rotatable bonds is 6. The third-order valence-corrected chi connectivity index (χ3v) is 4.81. The second-order valence-electron chi connectivity index (χ2n) is 4.96. The molecule has 0 aliphatic carbocycles. The Labute approximate surface area is 152 Å². The molecule has 0 saturated carbocycles. The van der Waals surface area contributed by atoms with E-state index in [9.17, 15) is 4.79 Å². The van der Waals surface area contributed by atoms with Gasteiger partial charge in [-0.25, -0.2) is 9.97 Å². The predicted molar refractivity (Wildman–Crippen MR) is 99.7 cm³/mol. The lowest BCUT2D eigenvalue weighted by Gasteiger charge is -2.10. The Kier molecular flexibility index (Phi) is 5.15. The molecule has 7 nitrogen and oxygen atoms in total. The predicted octanol–water partition coefficient (Wildman–Crippen LogP) is 3.92. The molecule has 0 fully saturated rings. The van der Waals surface area contributed by atoms with Gasteiger partial charge in [-0.3, -0.25) is 10.1 Å². The van der Waals surface area contributed by atoms with Crippen LogP contribution in [0.15, 0.2) is 29.8 Å². The maximum atomic E-state index is 12.2. The number of benzene rings is 1. The number of hydrogen-bond acceptors (Lipinski definition) is 8. The molecule has 1 amide bonds. The summed E-state index contributed by atoms with van der Waals surface area (Å²) in [5, 5.41) is 8.72. The third kappa shape index (κ3) is 4.06. The summed E-state index contributed by atoms with van der Waals surface area (Å²) in [6, 6.07) is 5.42. The summed E-state index contributed by atoms with van der Waals surface area (Å²) in [4.78, 5) is 21.7. The van der Waals surface area contributed by atoms with E-state index in [2.05, 4.69) is 20.6 Å². The Morgan fingerprint density at radius 3 is 2.72 bits per heavy atom. The molecule has 3 rings (SSSR count). The molecule has 2 aromatic heterocycles. The first-order chi connectivity index (χ1) is 12.1.